The third-order valence-corrected chi connectivity index (χ3v) is 2.50. The first-order valence-corrected chi connectivity index (χ1v) is 5.70. The second-order valence-electron chi connectivity index (χ2n) is 3.69. The number of hydrogen-bond acceptors (Lipinski definition) is 5. The van der Waals surface area contributed by atoms with E-state index in [4.69, 9.17) is 15.7 Å². The molecule has 0 saturated carbocycles. The van der Waals surface area contributed by atoms with E-state index in [1.54, 1.807) is 31.2 Å². The number of esters is 1. The fourth-order valence-corrected chi connectivity index (χ4v) is 1.66. The van der Waals surface area contributed by atoms with Gasteiger partial charge in [-0.1, -0.05) is 18.2 Å². The van der Waals surface area contributed by atoms with E-state index >= 15 is 0 Å². The summed E-state index contributed by atoms with van der Waals surface area (Å²) in [6.07, 6.45) is 0. The average Bonchev–Trinajstić information content (AvgIpc) is 2.77. The van der Waals surface area contributed by atoms with Gasteiger partial charge in [0.2, 0.25) is 0 Å². The first-order valence-electron chi connectivity index (χ1n) is 5.70. The molecule has 0 aliphatic rings. The number of nitrogens with two attached hydrogens (primary N) is 1. The van der Waals surface area contributed by atoms with Crippen LogP contribution < -0.4 is 5.73 Å². The monoisotopic (exact) mass is 256 g/mol. The summed E-state index contributed by atoms with van der Waals surface area (Å²) < 4.78 is 6.26. The van der Waals surface area contributed by atoms with Crippen molar-refractivity contribution < 1.29 is 9.53 Å². The predicted octanol–water partition coefficient (Wildman–Crippen LogP) is 1.50. The zero-order chi connectivity index (χ0) is 13.8. The van der Waals surface area contributed by atoms with Crippen molar-refractivity contribution in [3.05, 3.63) is 41.7 Å². The van der Waals surface area contributed by atoms with Crippen LogP contribution in [-0.4, -0.2) is 22.4 Å². The lowest BCUT2D eigenvalue weighted by atomic mass is 10.3. The first-order chi connectivity index (χ1) is 9.19. The quantitative estimate of drug-likeness (QED) is 0.840. The van der Waals surface area contributed by atoms with E-state index in [1.165, 1.54) is 4.68 Å². The number of aromatic nitrogens is 2. The number of hydrogen-bond donors (Lipinski definition) is 1. The van der Waals surface area contributed by atoms with Gasteiger partial charge in [-0.25, -0.2) is 9.48 Å². The number of nitrogen functional groups attached to an aromatic ring is 1. The van der Waals surface area contributed by atoms with Crippen molar-refractivity contribution in [2.75, 3.05) is 12.3 Å². The molecule has 6 heteroatoms. The predicted molar refractivity (Wildman–Crippen MR) is 68.6 cm³/mol. The molecule has 19 heavy (non-hydrogen) atoms. The van der Waals surface area contributed by atoms with Gasteiger partial charge in [0.05, 0.1) is 12.3 Å². The Bertz CT molecular complexity index is 641. The maximum atomic E-state index is 11.9. The van der Waals surface area contributed by atoms with Crippen LogP contribution in [0.5, 0.6) is 0 Å². The molecule has 0 atom stereocenters. The maximum Gasteiger partial charge on any atom is 0.359 e. The van der Waals surface area contributed by atoms with Crippen molar-refractivity contribution in [2.24, 2.45) is 0 Å². The molecule has 1 aromatic carbocycles. The van der Waals surface area contributed by atoms with E-state index in [-0.39, 0.29) is 23.7 Å². The van der Waals surface area contributed by atoms with Gasteiger partial charge in [0.1, 0.15) is 11.8 Å². The van der Waals surface area contributed by atoms with E-state index in [9.17, 15) is 4.79 Å². The number of rotatable bonds is 3. The van der Waals surface area contributed by atoms with Crippen LogP contribution in [0.3, 0.4) is 0 Å². The lowest BCUT2D eigenvalue weighted by molar-refractivity contribution is 0.0517. The highest BCUT2D eigenvalue weighted by Gasteiger charge is 2.23. The minimum atomic E-state index is -0.599. The summed E-state index contributed by atoms with van der Waals surface area (Å²) in [6, 6.07) is 10.8. The second-order valence-corrected chi connectivity index (χ2v) is 3.69. The molecule has 6 nitrogen and oxygen atoms in total. The number of nitrogens with zero attached hydrogens (tertiary/aromatic N) is 3. The summed E-state index contributed by atoms with van der Waals surface area (Å²) in [5.41, 5.74) is 6.53. The van der Waals surface area contributed by atoms with Gasteiger partial charge < -0.3 is 10.5 Å². The highest BCUT2D eigenvalue weighted by Crippen LogP contribution is 2.21. The first kappa shape index (κ1) is 12.6. The van der Waals surface area contributed by atoms with E-state index in [0.29, 0.717) is 5.69 Å². The van der Waals surface area contributed by atoms with Crippen molar-refractivity contribution in [3.63, 3.8) is 0 Å². The average molecular weight is 256 g/mol. The maximum absolute atomic E-state index is 11.9. The summed E-state index contributed by atoms with van der Waals surface area (Å²) in [4.78, 5) is 11.9. The normalized spacial score (nSPS) is 9.89. The van der Waals surface area contributed by atoms with Crippen LogP contribution in [0.1, 0.15) is 23.1 Å². The molecule has 0 aliphatic heterocycles. The molecule has 0 fully saturated rings. The lowest BCUT2D eigenvalue weighted by Crippen LogP contribution is -2.13. The Hall–Kier alpha value is -2.81. The van der Waals surface area contributed by atoms with Crippen LogP contribution in [0.25, 0.3) is 5.69 Å². The topological polar surface area (TPSA) is 93.9 Å². The summed E-state index contributed by atoms with van der Waals surface area (Å²) in [5.74, 6) is -0.599. The molecule has 0 amide bonds. The number of para-hydroxylation sites is 1. The van der Waals surface area contributed by atoms with Crippen LogP contribution in [-0.2, 0) is 4.74 Å². The second kappa shape index (κ2) is 5.23. The molecule has 0 aliphatic carbocycles. The van der Waals surface area contributed by atoms with Gasteiger partial charge >= 0.3 is 5.97 Å². The zero-order valence-electron chi connectivity index (χ0n) is 10.3. The van der Waals surface area contributed by atoms with Gasteiger partial charge in [0.25, 0.3) is 0 Å². The van der Waals surface area contributed by atoms with Crippen LogP contribution in [0, 0.1) is 11.3 Å². The number of benzene rings is 1. The summed E-state index contributed by atoms with van der Waals surface area (Å²) in [7, 11) is 0. The molecule has 0 spiro atoms. The SMILES string of the molecule is CCOC(=O)c1c(N)c(C#N)nn1-c1ccccc1. The Balaban J connectivity index is 2.61. The van der Waals surface area contributed by atoms with E-state index < -0.39 is 5.97 Å². The van der Waals surface area contributed by atoms with Crippen molar-refractivity contribution in [1.82, 2.24) is 9.78 Å². The smallest absolute Gasteiger partial charge is 0.359 e. The molecular weight excluding hydrogens is 244 g/mol. The Morgan fingerprint density at radius 3 is 2.74 bits per heavy atom. The van der Waals surface area contributed by atoms with E-state index in [1.807, 2.05) is 12.1 Å². The van der Waals surface area contributed by atoms with E-state index in [0.717, 1.165) is 0 Å². The minimum Gasteiger partial charge on any atom is -0.461 e. The summed E-state index contributed by atoms with van der Waals surface area (Å²) >= 11 is 0. The lowest BCUT2D eigenvalue weighted by Gasteiger charge is -2.06. The number of anilines is 1. The molecule has 0 radical (unpaired) electrons. The van der Waals surface area contributed by atoms with Gasteiger partial charge in [0.15, 0.2) is 11.4 Å². The number of carbonyl (C=O) groups is 1. The van der Waals surface area contributed by atoms with Gasteiger partial charge in [0, 0.05) is 0 Å². The van der Waals surface area contributed by atoms with Crippen LogP contribution in [0.2, 0.25) is 0 Å². The number of carbonyl (C=O) groups excluding carboxylic acids is 1. The van der Waals surface area contributed by atoms with Crippen LogP contribution in [0.15, 0.2) is 30.3 Å². The Labute approximate surface area is 110 Å². The molecule has 0 unspecified atom stereocenters. The minimum absolute atomic E-state index is 0.00639. The summed E-state index contributed by atoms with van der Waals surface area (Å²) in [6.45, 7) is 1.92. The third kappa shape index (κ3) is 2.26. The van der Waals surface area contributed by atoms with Gasteiger partial charge in [-0.05, 0) is 19.1 Å². The third-order valence-electron chi connectivity index (χ3n) is 2.50. The van der Waals surface area contributed by atoms with Crippen molar-refractivity contribution in [3.8, 4) is 11.8 Å². The van der Waals surface area contributed by atoms with Crippen LogP contribution in [0.4, 0.5) is 5.69 Å². The molecule has 2 rings (SSSR count). The van der Waals surface area contributed by atoms with Gasteiger partial charge in [-0.3, -0.25) is 0 Å². The molecule has 96 valence electrons. The standard InChI is InChI=1S/C13H12N4O2/c1-2-19-13(18)12-11(15)10(8-14)16-17(12)9-6-4-3-5-7-9/h3-7H,2,15H2,1H3. The molecule has 2 N–H and O–H groups in total. The Morgan fingerprint density at radius 2 is 2.16 bits per heavy atom. The molecule has 1 heterocycles. The van der Waals surface area contributed by atoms with Crippen molar-refractivity contribution >= 4 is 11.7 Å². The highest BCUT2D eigenvalue weighted by atomic mass is 16.5. The fraction of sp³-hybridized carbons (Fsp3) is 0.154. The van der Waals surface area contributed by atoms with Crippen LogP contribution >= 0.6 is 0 Å². The molecule has 0 saturated heterocycles. The highest BCUT2D eigenvalue weighted by molar-refractivity contribution is 5.95. The van der Waals surface area contributed by atoms with E-state index in [2.05, 4.69) is 5.10 Å². The van der Waals surface area contributed by atoms with Gasteiger partial charge in [-0.2, -0.15) is 10.4 Å². The van der Waals surface area contributed by atoms with Crippen molar-refractivity contribution in [1.29, 1.82) is 5.26 Å². The summed E-state index contributed by atoms with van der Waals surface area (Å²) in [5, 5.41) is 13.0. The molecule has 1 aromatic heterocycles. The Morgan fingerprint density at radius 1 is 1.47 bits per heavy atom. The largest absolute Gasteiger partial charge is 0.461 e. The van der Waals surface area contributed by atoms with Crippen molar-refractivity contribution in [2.45, 2.75) is 6.92 Å². The number of nitriles is 1. The Kier molecular flexibility index (Phi) is 3.48. The molecular formula is C13H12N4O2. The molecule has 2 aromatic rings. The molecule has 0 bridgehead atoms. The fourth-order valence-electron chi connectivity index (χ4n) is 1.66. The van der Waals surface area contributed by atoms with Gasteiger partial charge in [-0.15, -0.1) is 0 Å². The zero-order valence-corrected chi connectivity index (χ0v) is 10.3. The number of ether oxygens (including phenoxy) is 1.